The highest BCUT2D eigenvalue weighted by Crippen LogP contribution is 2.19. The van der Waals surface area contributed by atoms with E-state index in [1.165, 1.54) is 12.8 Å². The summed E-state index contributed by atoms with van der Waals surface area (Å²) in [7, 11) is -1.10. The molecule has 2 rings (SSSR count). The zero-order chi connectivity index (χ0) is 15.3. The van der Waals surface area contributed by atoms with Crippen LogP contribution in [0.15, 0.2) is 28.7 Å². The molecule has 0 amide bonds. The largest absolute Gasteiger partial charge is 0.306 e. The average molecular weight is 375 g/mol. The average Bonchev–Trinajstić information content (AvgIpc) is 2.43. The molecule has 0 radical (unpaired) electrons. The molecule has 0 saturated carbocycles. The van der Waals surface area contributed by atoms with E-state index in [2.05, 4.69) is 32.6 Å². The molecule has 1 heterocycles. The third kappa shape index (κ3) is 6.06. The summed E-state index contributed by atoms with van der Waals surface area (Å²) in [5.41, 5.74) is 0.810. The number of nitrogens with one attached hydrogen (secondary N) is 1. The van der Waals surface area contributed by atoms with Gasteiger partial charge in [0.25, 0.3) is 0 Å². The summed E-state index contributed by atoms with van der Waals surface area (Å²) in [6, 6.07) is 7.40. The number of nitrogens with zero attached hydrogens (tertiary/aromatic N) is 1. The fourth-order valence-electron chi connectivity index (χ4n) is 2.62. The Morgan fingerprint density at radius 1 is 1.24 bits per heavy atom. The van der Waals surface area contributed by atoms with Crippen LogP contribution < -0.4 is 4.72 Å². The Morgan fingerprint density at radius 3 is 2.48 bits per heavy atom. The number of halogens is 1. The van der Waals surface area contributed by atoms with Crippen molar-refractivity contribution in [3.8, 4) is 0 Å². The first-order valence-electron chi connectivity index (χ1n) is 7.35. The van der Waals surface area contributed by atoms with Crippen LogP contribution in [0.1, 0.15) is 24.8 Å². The lowest BCUT2D eigenvalue weighted by molar-refractivity contribution is 0.213. The summed E-state index contributed by atoms with van der Waals surface area (Å²) < 4.78 is 27.8. The second kappa shape index (κ2) is 7.72. The Balaban J connectivity index is 1.75. The highest BCUT2D eigenvalue weighted by atomic mass is 79.9. The Kier molecular flexibility index (Phi) is 6.22. The van der Waals surface area contributed by atoms with E-state index in [-0.39, 0.29) is 5.75 Å². The predicted molar refractivity (Wildman–Crippen MR) is 89.6 cm³/mol. The molecular formula is C15H23BrN2O2S. The molecule has 21 heavy (non-hydrogen) atoms. The van der Waals surface area contributed by atoms with Gasteiger partial charge in [0.05, 0.1) is 5.75 Å². The van der Waals surface area contributed by atoms with Gasteiger partial charge in [-0.05, 0) is 63.0 Å². The standard InChI is InChI=1S/C15H23BrN2O2S/c1-18-10-7-13(8-11-18)6-9-17-21(19,20)12-14-2-4-15(16)5-3-14/h2-5,13,17H,6-12H2,1H3. The maximum Gasteiger partial charge on any atom is 0.215 e. The first kappa shape index (κ1) is 16.9. The molecule has 6 heteroatoms. The van der Waals surface area contributed by atoms with Gasteiger partial charge in [-0.1, -0.05) is 28.1 Å². The lowest BCUT2D eigenvalue weighted by atomic mass is 9.94. The molecule has 1 aliphatic heterocycles. The van der Waals surface area contributed by atoms with E-state index in [1.54, 1.807) is 0 Å². The lowest BCUT2D eigenvalue weighted by Crippen LogP contribution is -2.33. The van der Waals surface area contributed by atoms with Gasteiger partial charge in [0.1, 0.15) is 0 Å². The number of sulfonamides is 1. The maximum absolute atomic E-state index is 12.0. The summed E-state index contributed by atoms with van der Waals surface area (Å²) in [6.07, 6.45) is 3.28. The zero-order valence-corrected chi connectivity index (χ0v) is 14.8. The highest BCUT2D eigenvalue weighted by Gasteiger charge is 2.17. The van der Waals surface area contributed by atoms with E-state index in [9.17, 15) is 8.42 Å². The molecule has 1 saturated heterocycles. The number of piperidine rings is 1. The second-order valence-corrected chi connectivity index (χ2v) is 8.54. The molecule has 1 N–H and O–H groups in total. The normalized spacial score (nSPS) is 18.0. The quantitative estimate of drug-likeness (QED) is 0.832. The van der Waals surface area contributed by atoms with Gasteiger partial charge in [-0.15, -0.1) is 0 Å². The van der Waals surface area contributed by atoms with Gasteiger partial charge in [0.2, 0.25) is 10.0 Å². The van der Waals surface area contributed by atoms with Gasteiger partial charge in [-0.25, -0.2) is 13.1 Å². The Morgan fingerprint density at radius 2 is 1.86 bits per heavy atom. The van der Waals surface area contributed by atoms with Crippen molar-refractivity contribution in [2.45, 2.75) is 25.0 Å². The molecule has 1 aromatic carbocycles. The molecule has 0 aliphatic carbocycles. The summed E-state index contributed by atoms with van der Waals surface area (Å²) in [5.74, 6) is 0.699. The number of hydrogen-bond donors (Lipinski definition) is 1. The van der Waals surface area contributed by atoms with Crippen LogP contribution in [-0.4, -0.2) is 40.0 Å². The summed E-state index contributed by atoms with van der Waals surface area (Å²) in [5, 5.41) is 0. The van der Waals surface area contributed by atoms with Gasteiger partial charge in [0, 0.05) is 11.0 Å². The molecule has 0 unspecified atom stereocenters. The van der Waals surface area contributed by atoms with Crippen LogP contribution in [0.25, 0.3) is 0 Å². The van der Waals surface area contributed by atoms with Crippen LogP contribution >= 0.6 is 15.9 Å². The number of hydrogen-bond acceptors (Lipinski definition) is 3. The SMILES string of the molecule is CN1CCC(CCNS(=O)(=O)Cc2ccc(Br)cc2)CC1. The monoisotopic (exact) mass is 374 g/mol. The predicted octanol–water partition coefficient (Wildman–Crippen LogP) is 2.60. The highest BCUT2D eigenvalue weighted by molar-refractivity contribution is 9.10. The molecule has 0 aromatic heterocycles. The first-order valence-corrected chi connectivity index (χ1v) is 9.79. The third-order valence-corrected chi connectivity index (χ3v) is 5.87. The smallest absolute Gasteiger partial charge is 0.215 e. The Bertz CT molecular complexity index is 537. The second-order valence-electron chi connectivity index (χ2n) is 5.82. The molecule has 0 spiro atoms. The van der Waals surface area contributed by atoms with E-state index >= 15 is 0 Å². The van der Waals surface area contributed by atoms with Crippen molar-refractivity contribution in [3.05, 3.63) is 34.3 Å². The van der Waals surface area contributed by atoms with Crippen molar-refractivity contribution in [2.75, 3.05) is 26.7 Å². The van der Waals surface area contributed by atoms with Crippen molar-refractivity contribution in [2.24, 2.45) is 5.92 Å². The number of likely N-dealkylation sites (tertiary alicyclic amines) is 1. The summed E-state index contributed by atoms with van der Waals surface area (Å²) >= 11 is 3.35. The molecular weight excluding hydrogens is 352 g/mol. The third-order valence-electron chi connectivity index (χ3n) is 3.98. The fraction of sp³-hybridized carbons (Fsp3) is 0.600. The van der Waals surface area contributed by atoms with Crippen LogP contribution in [-0.2, 0) is 15.8 Å². The Labute approximate surface area is 136 Å². The molecule has 118 valence electrons. The van der Waals surface area contributed by atoms with Crippen molar-refractivity contribution < 1.29 is 8.42 Å². The van der Waals surface area contributed by atoms with Crippen LogP contribution in [0.2, 0.25) is 0 Å². The number of rotatable bonds is 6. The van der Waals surface area contributed by atoms with Crippen molar-refractivity contribution in [1.29, 1.82) is 0 Å². The first-order chi connectivity index (χ1) is 9.94. The molecule has 4 nitrogen and oxygen atoms in total. The van der Waals surface area contributed by atoms with E-state index in [4.69, 9.17) is 0 Å². The zero-order valence-electron chi connectivity index (χ0n) is 12.4. The van der Waals surface area contributed by atoms with Gasteiger partial charge >= 0.3 is 0 Å². The van der Waals surface area contributed by atoms with Crippen molar-refractivity contribution in [3.63, 3.8) is 0 Å². The van der Waals surface area contributed by atoms with Crippen molar-refractivity contribution in [1.82, 2.24) is 9.62 Å². The minimum Gasteiger partial charge on any atom is -0.306 e. The van der Waals surface area contributed by atoms with Gasteiger partial charge in [0.15, 0.2) is 0 Å². The van der Waals surface area contributed by atoms with E-state index in [0.717, 1.165) is 29.5 Å². The maximum atomic E-state index is 12.0. The number of benzene rings is 1. The summed E-state index contributed by atoms with van der Waals surface area (Å²) in [6.45, 7) is 2.79. The minimum absolute atomic E-state index is 0.0493. The minimum atomic E-state index is -3.23. The van der Waals surface area contributed by atoms with Crippen LogP contribution in [0.5, 0.6) is 0 Å². The fourth-order valence-corrected chi connectivity index (χ4v) is 4.05. The van der Waals surface area contributed by atoms with Crippen LogP contribution in [0.4, 0.5) is 0 Å². The Hall–Kier alpha value is -0.430. The van der Waals surface area contributed by atoms with E-state index in [0.29, 0.717) is 12.5 Å². The topological polar surface area (TPSA) is 49.4 Å². The van der Waals surface area contributed by atoms with Crippen LogP contribution in [0, 0.1) is 5.92 Å². The summed E-state index contributed by atoms with van der Waals surface area (Å²) in [4.78, 5) is 2.33. The molecule has 1 fully saturated rings. The van der Waals surface area contributed by atoms with Gasteiger partial charge in [-0.2, -0.15) is 0 Å². The molecule has 0 atom stereocenters. The van der Waals surface area contributed by atoms with E-state index < -0.39 is 10.0 Å². The van der Waals surface area contributed by atoms with Crippen molar-refractivity contribution >= 4 is 26.0 Å². The van der Waals surface area contributed by atoms with Gasteiger partial charge < -0.3 is 4.90 Å². The van der Waals surface area contributed by atoms with Crippen LogP contribution in [0.3, 0.4) is 0 Å². The molecule has 1 aromatic rings. The van der Waals surface area contributed by atoms with Gasteiger partial charge in [-0.3, -0.25) is 0 Å². The van der Waals surface area contributed by atoms with E-state index in [1.807, 2.05) is 24.3 Å². The lowest BCUT2D eigenvalue weighted by Gasteiger charge is -2.28. The molecule has 0 bridgehead atoms. The molecule has 1 aliphatic rings.